The van der Waals surface area contributed by atoms with Crippen LogP contribution >= 0.6 is 22.9 Å². The Morgan fingerprint density at radius 1 is 1.26 bits per heavy atom. The molecule has 0 atom stereocenters. The van der Waals surface area contributed by atoms with Gasteiger partial charge in [-0.1, -0.05) is 23.7 Å². The molecule has 1 fully saturated rings. The van der Waals surface area contributed by atoms with Crippen LogP contribution in [-0.2, 0) is 4.79 Å². The molecule has 1 saturated heterocycles. The number of carbonyl (C=O) groups is 1. The van der Waals surface area contributed by atoms with Crippen LogP contribution in [-0.4, -0.2) is 50.7 Å². The van der Waals surface area contributed by atoms with Gasteiger partial charge in [0.2, 0.25) is 0 Å². The first kappa shape index (κ1) is 16.4. The van der Waals surface area contributed by atoms with Gasteiger partial charge in [-0.3, -0.25) is 10.1 Å². The number of quaternary nitrogens is 2. The Hall–Kier alpha value is -1.47. The first-order valence-electron chi connectivity index (χ1n) is 7.76. The number of anilines is 1. The Morgan fingerprint density at radius 2 is 1.96 bits per heavy atom. The molecule has 0 unspecified atom stereocenters. The van der Waals surface area contributed by atoms with Gasteiger partial charge in [-0.2, -0.15) is 0 Å². The van der Waals surface area contributed by atoms with Crippen LogP contribution in [0.25, 0.3) is 11.3 Å². The van der Waals surface area contributed by atoms with Crippen molar-refractivity contribution in [1.29, 1.82) is 0 Å². The largest absolute Gasteiger partial charge is 0.328 e. The van der Waals surface area contributed by atoms with Gasteiger partial charge in [0.15, 0.2) is 11.7 Å². The van der Waals surface area contributed by atoms with Gasteiger partial charge in [0.25, 0.3) is 5.91 Å². The molecule has 3 rings (SSSR count). The fraction of sp³-hybridized carbons (Fsp3) is 0.375. The minimum absolute atomic E-state index is 0.0385. The first-order chi connectivity index (χ1) is 11.1. The van der Waals surface area contributed by atoms with Crippen molar-refractivity contribution in [3.63, 3.8) is 0 Å². The van der Waals surface area contributed by atoms with Crippen molar-refractivity contribution in [2.75, 3.05) is 45.1 Å². The molecule has 7 heteroatoms. The number of aromatic nitrogens is 1. The van der Waals surface area contributed by atoms with Crippen molar-refractivity contribution >= 4 is 34.0 Å². The lowest BCUT2D eigenvalue weighted by Crippen LogP contribution is -3.27. The Bertz CT molecular complexity index is 665. The van der Waals surface area contributed by atoms with Crippen molar-refractivity contribution in [2.45, 2.75) is 0 Å². The van der Waals surface area contributed by atoms with E-state index in [0.29, 0.717) is 16.7 Å². The third-order valence-electron chi connectivity index (χ3n) is 4.11. The summed E-state index contributed by atoms with van der Waals surface area (Å²) < 4.78 is 0. The van der Waals surface area contributed by atoms with E-state index in [4.69, 9.17) is 11.6 Å². The average molecular weight is 353 g/mol. The Morgan fingerprint density at radius 3 is 2.65 bits per heavy atom. The van der Waals surface area contributed by atoms with Crippen LogP contribution in [0.2, 0.25) is 5.02 Å². The van der Waals surface area contributed by atoms with Crippen LogP contribution in [0.3, 0.4) is 0 Å². The van der Waals surface area contributed by atoms with Gasteiger partial charge in [0.05, 0.1) is 12.7 Å². The molecule has 0 saturated carbocycles. The van der Waals surface area contributed by atoms with Crippen molar-refractivity contribution < 1.29 is 14.6 Å². The summed E-state index contributed by atoms with van der Waals surface area (Å²) in [6.45, 7) is 4.87. The zero-order valence-corrected chi connectivity index (χ0v) is 14.6. The minimum Gasteiger partial charge on any atom is -0.328 e. The zero-order chi connectivity index (χ0) is 16.2. The molecule has 2 heterocycles. The van der Waals surface area contributed by atoms with Crippen LogP contribution in [0.15, 0.2) is 29.6 Å². The topological polar surface area (TPSA) is 50.9 Å². The highest BCUT2D eigenvalue weighted by Crippen LogP contribution is 2.25. The third-order valence-corrected chi connectivity index (χ3v) is 5.12. The number of hydrogen-bond donors (Lipinski definition) is 3. The number of likely N-dealkylation sites (N-methyl/N-ethyl adjacent to an activating group) is 1. The lowest BCUT2D eigenvalue weighted by Gasteiger charge is -2.26. The van der Waals surface area contributed by atoms with Gasteiger partial charge in [-0.15, -0.1) is 11.3 Å². The number of benzene rings is 1. The lowest BCUT2D eigenvalue weighted by molar-refractivity contribution is -0.999. The number of amides is 1. The Balaban J connectivity index is 1.56. The maximum Gasteiger partial charge on any atom is 0.281 e. The van der Waals surface area contributed by atoms with Crippen LogP contribution in [0.5, 0.6) is 0 Å². The normalized spacial score (nSPS) is 21.1. The van der Waals surface area contributed by atoms with E-state index in [1.54, 1.807) is 4.90 Å². The second-order valence-corrected chi connectivity index (χ2v) is 7.27. The van der Waals surface area contributed by atoms with Crippen LogP contribution in [0, 0.1) is 0 Å². The van der Waals surface area contributed by atoms with E-state index in [1.807, 2.05) is 29.6 Å². The summed E-state index contributed by atoms with van der Waals surface area (Å²) in [6.07, 6.45) is 0. The highest BCUT2D eigenvalue weighted by atomic mass is 35.5. The second kappa shape index (κ2) is 7.40. The number of piperazine rings is 1. The van der Waals surface area contributed by atoms with Crippen LogP contribution in [0.1, 0.15) is 0 Å². The van der Waals surface area contributed by atoms with E-state index in [0.717, 1.165) is 37.4 Å². The highest BCUT2D eigenvalue weighted by Gasteiger charge is 2.22. The van der Waals surface area contributed by atoms with E-state index in [1.165, 1.54) is 16.2 Å². The molecular formula is C16H21ClN4OS+2. The van der Waals surface area contributed by atoms with Crippen molar-refractivity contribution in [2.24, 2.45) is 0 Å². The highest BCUT2D eigenvalue weighted by molar-refractivity contribution is 7.14. The van der Waals surface area contributed by atoms with Crippen molar-refractivity contribution in [3.05, 3.63) is 34.7 Å². The van der Waals surface area contributed by atoms with Crippen molar-refractivity contribution in [1.82, 2.24) is 4.98 Å². The molecule has 122 valence electrons. The van der Waals surface area contributed by atoms with Gasteiger partial charge in [-0.25, -0.2) is 4.98 Å². The summed E-state index contributed by atoms with van der Waals surface area (Å²) >= 11 is 7.35. The van der Waals surface area contributed by atoms with Gasteiger partial charge < -0.3 is 9.80 Å². The summed E-state index contributed by atoms with van der Waals surface area (Å²) in [7, 11) is 2.20. The van der Waals surface area contributed by atoms with E-state index in [2.05, 4.69) is 17.3 Å². The first-order valence-corrected chi connectivity index (χ1v) is 9.02. The summed E-state index contributed by atoms with van der Waals surface area (Å²) in [4.78, 5) is 19.5. The maximum absolute atomic E-state index is 12.2. The molecule has 2 aromatic rings. The molecule has 5 nitrogen and oxygen atoms in total. The van der Waals surface area contributed by atoms with Gasteiger partial charge in [0, 0.05) is 16.0 Å². The molecule has 1 aromatic carbocycles. The number of carbonyl (C=O) groups excluding carboxylic acids is 1. The average Bonchev–Trinajstić information content (AvgIpc) is 2.98. The smallest absolute Gasteiger partial charge is 0.281 e. The predicted octanol–water partition coefficient (Wildman–Crippen LogP) is -0.185. The number of nitrogens with zero attached hydrogens (tertiary/aromatic N) is 1. The number of thiazole rings is 1. The van der Waals surface area contributed by atoms with Crippen LogP contribution < -0.4 is 15.1 Å². The molecule has 0 aliphatic carbocycles. The second-order valence-electron chi connectivity index (χ2n) is 5.98. The number of nitrogens with one attached hydrogen (secondary N) is 3. The maximum atomic E-state index is 12.2. The molecule has 0 bridgehead atoms. The summed E-state index contributed by atoms with van der Waals surface area (Å²) in [6, 6.07) is 7.54. The van der Waals surface area contributed by atoms with Gasteiger partial charge in [0.1, 0.15) is 26.2 Å². The fourth-order valence-electron chi connectivity index (χ4n) is 2.68. The molecule has 3 N–H and O–H groups in total. The quantitative estimate of drug-likeness (QED) is 0.715. The number of halogens is 1. The summed E-state index contributed by atoms with van der Waals surface area (Å²) in [5.74, 6) is 0.0385. The number of rotatable bonds is 4. The molecule has 1 aliphatic heterocycles. The monoisotopic (exact) mass is 352 g/mol. The van der Waals surface area contributed by atoms with Crippen LogP contribution in [0.4, 0.5) is 5.13 Å². The van der Waals surface area contributed by atoms with Gasteiger partial charge >= 0.3 is 0 Å². The molecule has 23 heavy (non-hydrogen) atoms. The molecule has 0 radical (unpaired) electrons. The fourth-order valence-corrected chi connectivity index (χ4v) is 3.54. The predicted molar refractivity (Wildman–Crippen MR) is 93.4 cm³/mol. The summed E-state index contributed by atoms with van der Waals surface area (Å²) in [5.41, 5.74) is 1.86. The minimum atomic E-state index is 0.0385. The molecule has 0 spiro atoms. The standard InChI is InChI=1S/C16H19ClN4OS/c1-20-6-8-21(9-7-20)10-15(22)19-16-18-14(11-23-16)12-2-4-13(17)5-3-12/h2-5,11H,6-10H2,1H3,(H,18,19,22)/p+2. The number of hydrogen-bond acceptors (Lipinski definition) is 3. The van der Waals surface area contributed by atoms with E-state index < -0.39 is 0 Å². The lowest BCUT2D eigenvalue weighted by atomic mass is 10.2. The van der Waals surface area contributed by atoms with E-state index >= 15 is 0 Å². The van der Waals surface area contributed by atoms with Gasteiger partial charge in [-0.05, 0) is 12.1 Å². The molecule has 1 aliphatic rings. The summed E-state index contributed by atoms with van der Waals surface area (Å²) in [5, 5.41) is 6.22. The van der Waals surface area contributed by atoms with E-state index in [9.17, 15) is 4.79 Å². The van der Waals surface area contributed by atoms with Crippen molar-refractivity contribution in [3.8, 4) is 11.3 Å². The SMILES string of the molecule is C[NH+]1CC[NH+](CC(=O)Nc2nc(-c3ccc(Cl)cc3)cs2)CC1. The molecule has 1 amide bonds. The molecular weight excluding hydrogens is 332 g/mol. The third kappa shape index (κ3) is 4.51. The molecule has 1 aromatic heterocycles. The zero-order valence-electron chi connectivity index (χ0n) is 13.1. The Kier molecular flexibility index (Phi) is 5.27. The Labute approximate surface area is 144 Å². The van der Waals surface area contributed by atoms with E-state index in [-0.39, 0.29) is 5.91 Å².